The highest BCUT2D eigenvalue weighted by Gasteiger charge is 2.35. The Labute approximate surface area is 512 Å². The summed E-state index contributed by atoms with van der Waals surface area (Å²) in [5, 5.41) is 11.6. The van der Waals surface area contributed by atoms with Gasteiger partial charge in [-0.15, -0.1) is 0 Å². The van der Waals surface area contributed by atoms with Gasteiger partial charge in [0.25, 0.3) is 0 Å². The number of esters is 2. The summed E-state index contributed by atoms with van der Waals surface area (Å²) in [5.74, 6) is 1.05. The van der Waals surface area contributed by atoms with Crippen LogP contribution < -0.4 is 30.0 Å². The van der Waals surface area contributed by atoms with E-state index in [4.69, 9.17) is 69.0 Å². The minimum absolute atomic E-state index is 0.0469. The van der Waals surface area contributed by atoms with E-state index in [2.05, 4.69) is 49.3 Å². The number of halogens is 1. The number of benzene rings is 2. The van der Waals surface area contributed by atoms with Crippen molar-refractivity contribution in [2.24, 2.45) is 11.7 Å². The first-order valence-electron chi connectivity index (χ1n) is 28.8. The zero-order valence-corrected chi connectivity index (χ0v) is 58.4. The summed E-state index contributed by atoms with van der Waals surface area (Å²) >= 11 is 4.86. The van der Waals surface area contributed by atoms with Crippen molar-refractivity contribution < 1.29 is 89.5 Å². The molecule has 4 N–H and O–H groups in total. The van der Waals surface area contributed by atoms with E-state index in [0.29, 0.717) is 98.8 Å². The molecular weight excluding hydrogens is 1190 g/mol. The normalized spacial score (nSPS) is 13.2. The van der Waals surface area contributed by atoms with Crippen LogP contribution in [-0.4, -0.2) is 124 Å². The molecule has 21 nitrogen and oxygen atoms in total. The molecule has 0 spiro atoms. The Bertz CT molecular complexity index is 2670. The SMILES string of the molecule is CC(C)COC(=O)Cl.CCOP(=O)(CN)OCC.CCOP(=O)(CNC(=O)CC/C(C)=C/Cc1c(OC)c(C)c2c(c1OCC[Si](C)(C)C)C(=O)OC2)OCC.COc1c(C)c2c(c(OCC[Si](C)(C)C)c1C/C=C(\C)CCC(=O)O)C(=O)OC2. The molecule has 2 aliphatic heterocycles. The highest BCUT2D eigenvalue weighted by atomic mass is 35.5. The van der Waals surface area contributed by atoms with Crippen molar-refractivity contribution in [1.29, 1.82) is 0 Å². The molecule has 2 aromatic carbocycles. The van der Waals surface area contributed by atoms with Crippen molar-refractivity contribution in [3.05, 3.63) is 67.8 Å². The number of carbonyl (C=O) groups is 5. The molecule has 0 saturated carbocycles. The van der Waals surface area contributed by atoms with E-state index in [-0.39, 0.29) is 69.7 Å². The Kier molecular flexibility index (Phi) is 35.7. The fourth-order valence-corrected chi connectivity index (χ4v) is 12.2. The molecule has 0 radical (unpaired) electrons. The molecule has 2 aliphatic rings. The van der Waals surface area contributed by atoms with Gasteiger partial charge in [0.1, 0.15) is 53.6 Å². The number of carboxylic acids is 1. The molecule has 2 heterocycles. The summed E-state index contributed by atoms with van der Waals surface area (Å²) in [6.45, 7) is 35.4. The van der Waals surface area contributed by atoms with E-state index < -0.39 is 42.7 Å². The molecule has 0 unspecified atom stereocenters. The van der Waals surface area contributed by atoms with E-state index in [1.54, 1.807) is 41.9 Å². The number of fused-ring (bicyclic) bond motifs is 2. The molecule has 0 aromatic heterocycles. The third-order valence-electron chi connectivity index (χ3n) is 12.8. The van der Waals surface area contributed by atoms with Crippen molar-refractivity contribution in [3.8, 4) is 23.0 Å². The van der Waals surface area contributed by atoms with Gasteiger partial charge in [-0.05, 0) is 110 Å². The molecule has 1 amide bonds. The van der Waals surface area contributed by atoms with Crippen molar-refractivity contribution >= 4 is 72.2 Å². The fourth-order valence-electron chi connectivity index (χ4n) is 8.19. The summed E-state index contributed by atoms with van der Waals surface area (Å²) < 4.78 is 82.8. The van der Waals surface area contributed by atoms with E-state index in [9.17, 15) is 33.1 Å². The molecule has 26 heteroatoms. The van der Waals surface area contributed by atoms with Gasteiger partial charge in [0.15, 0.2) is 0 Å². The van der Waals surface area contributed by atoms with Gasteiger partial charge in [-0.1, -0.05) is 76.4 Å². The summed E-state index contributed by atoms with van der Waals surface area (Å²) in [4.78, 5) is 58.2. The monoisotopic (exact) mass is 1290 g/mol. The summed E-state index contributed by atoms with van der Waals surface area (Å²) in [7, 11) is -5.67. The number of hydrogen-bond acceptors (Lipinski definition) is 19. The maximum atomic E-state index is 12.6. The number of carbonyl (C=O) groups excluding carboxylic acids is 4. The molecule has 0 fully saturated rings. The predicted octanol–water partition coefficient (Wildman–Crippen LogP) is 13.9. The molecule has 484 valence electrons. The van der Waals surface area contributed by atoms with Gasteiger partial charge in [0.05, 0.1) is 66.8 Å². The number of ether oxygens (including phenoxy) is 7. The lowest BCUT2D eigenvalue weighted by Gasteiger charge is -2.21. The van der Waals surface area contributed by atoms with Crippen LogP contribution in [0.1, 0.15) is 135 Å². The lowest BCUT2D eigenvalue weighted by atomic mass is 9.94. The number of nitrogens with two attached hydrogens (primary N) is 1. The summed E-state index contributed by atoms with van der Waals surface area (Å²) in [5.41, 5.74) is 12.4. The summed E-state index contributed by atoms with van der Waals surface area (Å²) in [6.07, 6.45) is 6.09. The first kappa shape index (κ1) is 78.5. The molecule has 4 rings (SSSR count). The highest BCUT2D eigenvalue weighted by Crippen LogP contribution is 2.48. The second kappa shape index (κ2) is 38.7. The molecule has 2 aromatic rings. The lowest BCUT2D eigenvalue weighted by Crippen LogP contribution is -2.25. The van der Waals surface area contributed by atoms with Gasteiger partial charge in [-0.25, -0.2) is 14.4 Å². The van der Waals surface area contributed by atoms with Crippen LogP contribution in [-0.2, 0) is 77.1 Å². The van der Waals surface area contributed by atoms with Crippen LogP contribution >= 0.6 is 26.8 Å². The molecule has 0 saturated heterocycles. The summed E-state index contributed by atoms with van der Waals surface area (Å²) in [6, 6.07) is 1.93. The Morgan fingerprint density at radius 1 is 0.671 bits per heavy atom. The first-order chi connectivity index (χ1) is 39.7. The van der Waals surface area contributed by atoms with Gasteiger partial charge >= 0.3 is 38.5 Å². The Balaban J connectivity index is 0.000000670. The number of amides is 1. The van der Waals surface area contributed by atoms with E-state index in [1.165, 1.54) is 0 Å². The van der Waals surface area contributed by atoms with Crippen LogP contribution in [0.3, 0.4) is 0 Å². The van der Waals surface area contributed by atoms with Crippen LogP contribution in [0.4, 0.5) is 4.79 Å². The number of hydrogen-bond donors (Lipinski definition) is 3. The molecule has 0 aliphatic carbocycles. The van der Waals surface area contributed by atoms with Crippen molar-refractivity contribution in [2.45, 2.75) is 172 Å². The van der Waals surface area contributed by atoms with Crippen LogP contribution in [0.15, 0.2) is 23.3 Å². The average Bonchev–Trinajstić information content (AvgIpc) is 2.56. The maximum Gasteiger partial charge on any atom is 0.403 e. The minimum Gasteiger partial charge on any atom is -0.496 e. The smallest absolute Gasteiger partial charge is 0.403 e. The van der Waals surface area contributed by atoms with Crippen molar-refractivity contribution in [1.82, 2.24) is 5.32 Å². The zero-order valence-electron chi connectivity index (χ0n) is 53.8. The van der Waals surface area contributed by atoms with Gasteiger partial charge in [0, 0.05) is 62.8 Å². The maximum absolute atomic E-state index is 12.6. The highest BCUT2D eigenvalue weighted by molar-refractivity contribution is 7.54. The first-order valence-corrected chi connectivity index (χ1v) is 40.1. The van der Waals surface area contributed by atoms with Gasteiger partial charge in [-0.3, -0.25) is 18.7 Å². The number of carboxylic acid groups (broad SMARTS) is 1. The third kappa shape index (κ3) is 28.4. The van der Waals surface area contributed by atoms with E-state index >= 15 is 0 Å². The number of cyclic esters (lactones) is 2. The molecule has 0 atom stereocenters. The van der Waals surface area contributed by atoms with Crippen LogP contribution in [0.25, 0.3) is 0 Å². The van der Waals surface area contributed by atoms with E-state index in [1.807, 2.05) is 53.7 Å². The largest absolute Gasteiger partial charge is 0.496 e. The number of rotatable bonds is 33. The van der Waals surface area contributed by atoms with Crippen molar-refractivity contribution in [2.75, 3.05) is 73.0 Å². The van der Waals surface area contributed by atoms with E-state index in [0.717, 1.165) is 56.6 Å². The fraction of sp³-hybridized carbons (Fsp3) is 0.644. The molecule has 0 bridgehead atoms. The van der Waals surface area contributed by atoms with Gasteiger partial charge in [0.2, 0.25) is 5.91 Å². The van der Waals surface area contributed by atoms with Crippen molar-refractivity contribution in [3.63, 3.8) is 0 Å². The Morgan fingerprint density at radius 2 is 1.06 bits per heavy atom. The third-order valence-corrected chi connectivity index (χ3v) is 19.9. The zero-order chi connectivity index (χ0) is 64.9. The average molecular weight is 1290 g/mol. The van der Waals surface area contributed by atoms with Gasteiger partial charge in [-0.2, -0.15) is 0 Å². The second-order valence-corrected chi connectivity index (χ2v) is 38.5. The molecular formula is C59H99ClN2O19P2Si2. The number of aliphatic carboxylic acids is 1. The predicted molar refractivity (Wildman–Crippen MR) is 338 cm³/mol. The van der Waals surface area contributed by atoms with Gasteiger partial charge < -0.3 is 67.4 Å². The topological polar surface area (TPSA) is 279 Å². The second-order valence-electron chi connectivity index (χ2n) is 22.8. The standard InChI is InChI=1S/C27H44NO8PSi.C22H32O6Si.C5H9ClO2.C5H14NO3P/c1-9-35-37(31,36-10-2)18-28-23(29)14-12-19(3)11-13-21-25(32-5)20(4)22-17-34-27(30)24(22)26(21)33-15-16-38(6,7)8;1-14(8-10-18(23)24)7-9-16-20(26-3)15(2)17-13-28-22(25)19(17)21(16)27-11-12-29(4,5)6;1-4(2)3-8-5(6)7;1-3-8-10(7,5-6)9-4-2/h11H,9-10,12-18H2,1-8H3,(H,28,29);7H,8-13H2,1-6H3,(H,23,24);4H,3H2,1-2H3;3-6H2,1-2H3/b19-11+;14-7+;;. The minimum atomic E-state index is -3.33. The Hall–Kier alpha value is -4.55. The van der Waals surface area contributed by atoms with Crippen LogP contribution in [0.5, 0.6) is 23.0 Å². The van der Waals surface area contributed by atoms with Crippen LogP contribution in [0.2, 0.25) is 51.4 Å². The molecule has 85 heavy (non-hydrogen) atoms. The quantitative estimate of drug-likeness (QED) is 0.0149. The number of nitrogens with one attached hydrogen (secondary N) is 1. The number of allylic oxidation sites excluding steroid dienone is 4. The lowest BCUT2D eigenvalue weighted by molar-refractivity contribution is -0.137. The Morgan fingerprint density at radius 3 is 1.38 bits per heavy atom. The number of methoxy groups -OCH3 is 2. The van der Waals surface area contributed by atoms with Crippen LogP contribution in [0, 0.1) is 19.8 Å².